The summed E-state index contributed by atoms with van der Waals surface area (Å²) < 4.78 is 47.9. The Hall–Kier alpha value is -0.670. The number of amides is 1. The number of sulfone groups is 1. The van der Waals surface area contributed by atoms with Crippen LogP contribution in [0.25, 0.3) is 0 Å². The van der Waals surface area contributed by atoms with Gasteiger partial charge in [-0.05, 0) is 20.3 Å². The number of likely N-dealkylation sites (tertiary alicyclic amines) is 1. The first-order chi connectivity index (χ1) is 8.93. The molecule has 1 fully saturated rings. The van der Waals surface area contributed by atoms with E-state index in [4.69, 9.17) is 0 Å². The number of carbonyl (C=O) groups excluding carboxylic acids is 1. The van der Waals surface area contributed by atoms with Crippen LogP contribution in [0.1, 0.15) is 27.2 Å². The molecule has 0 aromatic carbocycles. The van der Waals surface area contributed by atoms with Crippen molar-refractivity contribution >= 4 is 25.8 Å². The third-order valence-electron chi connectivity index (χ3n) is 3.66. The second-order valence-electron chi connectivity index (χ2n) is 5.49. The maximum atomic E-state index is 12.3. The Morgan fingerprint density at radius 2 is 1.85 bits per heavy atom. The van der Waals surface area contributed by atoms with Gasteiger partial charge in [0.1, 0.15) is 4.75 Å². The molecule has 1 saturated heterocycles. The van der Waals surface area contributed by atoms with E-state index < -0.39 is 35.8 Å². The third kappa shape index (κ3) is 3.32. The number of nitrogens with one attached hydrogen (secondary N) is 1. The summed E-state index contributed by atoms with van der Waals surface area (Å²) in [7, 11) is -7.01. The van der Waals surface area contributed by atoms with Crippen molar-refractivity contribution in [2.45, 2.75) is 37.2 Å². The van der Waals surface area contributed by atoms with E-state index in [9.17, 15) is 21.6 Å². The Bertz CT molecular complexity index is 580. The second kappa shape index (κ2) is 5.61. The molecule has 1 amide bonds. The zero-order valence-corrected chi connectivity index (χ0v) is 13.8. The molecule has 1 unspecified atom stereocenters. The van der Waals surface area contributed by atoms with E-state index in [1.54, 1.807) is 6.92 Å². The van der Waals surface area contributed by atoms with E-state index in [1.165, 1.54) is 18.7 Å². The van der Waals surface area contributed by atoms with Crippen LogP contribution in [-0.2, 0) is 24.7 Å². The fourth-order valence-corrected chi connectivity index (χ4v) is 3.90. The number of nitrogens with zero attached hydrogens (tertiary/aromatic N) is 1. The summed E-state index contributed by atoms with van der Waals surface area (Å²) in [5.74, 6) is -0.547. The predicted molar refractivity (Wildman–Crippen MR) is 76.5 cm³/mol. The molecule has 0 aromatic rings. The van der Waals surface area contributed by atoms with Crippen LogP contribution in [0.15, 0.2) is 0 Å². The van der Waals surface area contributed by atoms with Crippen LogP contribution in [0.5, 0.6) is 0 Å². The molecule has 9 heteroatoms. The molecule has 0 aliphatic carbocycles. The van der Waals surface area contributed by atoms with Crippen molar-refractivity contribution in [2.75, 3.05) is 25.9 Å². The van der Waals surface area contributed by atoms with E-state index in [0.717, 1.165) is 6.26 Å². The second-order valence-corrected chi connectivity index (χ2v) is 10.1. The highest BCUT2D eigenvalue weighted by molar-refractivity contribution is 7.92. The van der Waals surface area contributed by atoms with Gasteiger partial charge < -0.3 is 4.90 Å². The average molecular weight is 326 g/mol. The quantitative estimate of drug-likeness (QED) is 0.723. The Morgan fingerprint density at radius 1 is 1.30 bits per heavy atom. The molecule has 1 aliphatic rings. The number of rotatable bonds is 5. The van der Waals surface area contributed by atoms with E-state index in [2.05, 4.69) is 4.72 Å². The fourth-order valence-electron chi connectivity index (χ4n) is 2.02. The summed E-state index contributed by atoms with van der Waals surface area (Å²) in [5, 5.41) is -0.679. The highest BCUT2D eigenvalue weighted by Gasteiger charge is 2.44. The maximum Gasteiger partial charge on any atom is 0.243 e. The zero-order chi connectivity index (χ0) is 15.8. The van der Waals surface area contributed by atoms with Crippen molar-refractivity contribution in [2.24, 2.45) is 0 Å². The molecule has 1 N–H and O–H groups in total. The molecule has 1 atom stereocenters. The van der Waals surface area contributed by atoms with Crippen LogP contribution in [0, 0.1) is 0 Å². The highest BCUT2D eigenvalue weighted by atomic mass is 32.2. The Kier molecular flexibility index (Phi) is 4.87. The normalized spacial score (nSPS) is 21.2. The van der Waals surface area contributed by atoms with Crippen molar-refractivity contribution in [1.82, 2.24) is 9.62 Å². The average Bonchev–Trinajstić information content (AvgIpc) is 2.76. The van der Waals surface area contributed by atoms with Crippen LogP contribution >= 0.6 is 0 Å². The van der Waals surface area contributed by atoms with Gasteiger partial charge in [0, 0.05) is 25.9 Å². The molecule has 0 radical (unpaired) electrons. The minimum Gasteiger partial charge on any atom is -0.340 e. The molecule has 0 saturated carbocycles. The first-order valence-corrected chi connectivity index (χ1v) is 9.84. The molecule has 1 heterocycles. The summed E-state index contributed by atoms with van der Waals surface area (Å²) in [4.78, 5) is 13.6. The maximum absolute atomic E-state index is 12.3. The van der Waals surface area contributed by atoms with Crippen LogP contribution in [0.2, 0.25) is 0 Å². The summed E-state index contributed by atoms with van der Waals surface area (Å²) in [6.45, 7) is 4.96. The number of hydrogen-bond acceptors (Lipinski definition) is 5. The molecule has 0 bridgehead atoms. The lowest BCUT2D eigenvalue weighted by atomic mass is 10.2. The Labute approximate surface area is 120 Å². The summed E-state index contributed by atoms with van der Waals surface area (Å²) >= 11 is 0. The molecule has 1 aliphatic heterocycles. The molecule has 7 nitrogen and oxygen atoms in total. The molecule has 0 aromatic heterocycles. The van der Waals surface area contributed by atoms with Crippen molar-refractivity contribution in [3.05, 3.63) is 0 Å². The summed E-state index contributed by atoms with van der Waals surface area (Å²) in [6.07, 6.45) is 1.33. The smallest absolute Gasteiger partial charge is 0.243 e. The lowest BCUT2D eigenvalue weighted by Crippen LogP contribution is -2.49. The van der Waals surface area contributed by atoms with Gasteiger partial charge in [0.25, 0.3) is 0 Å². The van der Waals surface area contributed by atoms with Gasteiger partial charge in [0.15, 0.2) is 9.84 Å². The Balaban J connectivity index is 2.87. The van der Waals surface area contributed by atoms with Crippen molar-refractivity contribution in [1.29, 1.82) is 0 Å². The fraction of sp³-hybridized carbons (Fsp3) is 0.909. The third-order valence-corrected chi connectivity index (χ3v) is 7.64. The SMILES string of the molecule is CCNS(=O)(=O)C1CCN(C(=O)C(C)(C)S(C)(=O)=O)C1. The number of sulfonamides is 1. The van der Waals surface area contributed by atoms with Crippen LogP contribution in [-0.4, -0.2) is 63.5 Å². The minimum absolute atomic E-state index is 0.0348. The van der Waals surface area contributed by atoms with E-state index in [1.807, 2.05) is 0 Å². The van der Waals surface area contributed by atoms with E-state index >= 15 is 0 Å². The van der Waals surface area contributed by atoms with Crippen LogP contribution in [0.4, 0.5) is 0 Å². The first-order valence-electron chi connectivity index (χ1n) is 6.41. The van der Waals surface area contributed by atoms with Crippen molar-refractivity contribution in [3.63, 3.8) is 0 Å². The van der Waals surface area contributed by atoms with Gasteiger partial charge in [-0.15, -0.1) is 0 Å². The van der Waals surface area contributed by atoms with Crippen LogP contribution in [0.3, 0.4) is 0 Å². The summed E-state index contributed by atoms with van der Waals surface area (Å²) in [6, 6.07) is 0. The minimum atomic E-state index is -3.56. The van der Waals surface area contributed by atoms with Crippen LogP contribution < -0.4 is 4.72 Å². The number of hydrogen-bond donors (Lipinski definition) is 1. The lowest BCUT2D eigenvalue weighted by molar-refractivity contribution is -0.132. The van der Waals surface area contributed by atoms with Gasteiger partial charge >= 0.3 is 0 Å². The van der Waals surface area contributed by atoms with E-state index in [-0.39, 0.29) is 13.1 Å². The van der Waals surface area contributed by atoms with Gasteiger partial charge in [0.2, 0.25) is 15.9 Å². The number of carbonyl (C=O) groups is 1. The lowest BCUT2D eigenvalue weighted by Gasteiger charge is -2.27. The summed E-state index contributed by atoms with van der Waals surface area (Å²) in [5.41, 5.74) is 0. The largest absolute Gasteiger partial charge is 0.340 e. The molecular formula is C11H22N2O5S2. The topological polar surface area (TPSA) is 101 Å². The molecule has 1 rings (SSSR count). The van der Waals surface area contributed by atoms with E-state index in [0.29, 0.717) is 13.0 Å². The van der Waals surface area contributed by atoms with Gasteiger partial charge in [0.05, 0.1) is 5.25 Å². The highest BCUT2D eigenvalue weighted by Crippen LogP contribution is 2.24. The van der Waals surface area contributed by atoms with Gasteiger partial charge in [-0.1, -0.05) is 6.92 Å². The predicted octanol–water partition coefficient (Wildman–Crippen LogP) is -0.650. The van der Waals surface area contributed by atoms with Crippen molar-refractivity contribution < 1.29 is 21.6 Å². The van der Waals surface area contributed by atoms with Gasteiger partial charge in [-0.2, -0.15) is 0 Å². The van der Waals surface area contributed by atoms with Crippen molar-refractivity contribution in [3.8, 4) is 0 Å². The Morgan fingerprint density at radius 3 is 2.30 bits per heavy atom. The van der Waals surface area contributed by atoms with Gasteiger partial charge in [-0.25, -0.2) is 21.6 Å². The standard InChI is InChI=1S/C11H22N2O5S2/c1-5-12-20(17,18)9-6-7-13(8-9)10(14)11(2,3)19(4,15)16/h9,12H,5-8H2,1-4H3. The monoisotopic (exact) mass is 326 g/mol. The zero-order valence-electron chi connectivity index (χ0n) is 12.2. The molecule has 118 valence electrons. The molecule has 20 heavy (non-hydrogen) atoms. The first kappa shape index (κ1) is 17.4. The molecular weight excluding hydrogens is 304 g/mol. The molecule has 0 spiro atoms. The van der Waals surface area contributed by atoms with Gasteiger partial charge in [-0.3, -0.25) is 4.79 Å².